The number of carboxylic acids is 1. The van der Waals surface area contributed by atoms with Crippen LogP contribution in [0, 0.1) is 0 Å². The lowest BCUT2D eigenvalue weighted by Gasteiger charge is -2.01. The second kappa shape index (κ2) is 7.12. The molecule has 88 valence electrons. The molecule has 0 aromatic carbocycles. The molecule has 0 atom stereocenters. The Morgan fingerprint density at radius 2 is 2.25 bits per heavy atom. The summed E-state index contributed by atoms with van der Waals surface area (Å²) < 4.78 is 0.915. The van der Waals surface area contributed by atoms with Crippen molar-refractivity contribution in [1.29, 1.82) is 0 Å². The lowest BCUT2D eigenvalue weighted by Crippen LogP contribution is -2.26. The van der Waals surface area contributed by atoms with E-state index in [1.54, 1.807) is 0 Å². The van der Waals surface area contributed by atoms with Gasteiger partial charge in [-0.3, -0.25) is 14.2 Å². The summed E-state index contributed by atoms with van der Waals surface area (Å²) in [6.45, 7) is -0.451. The molecule has 1 amide bonds. The van der Waals surface area contributed by atoms with Crippen molar-refractivity contribution in [3.63, 3.8) is 0 Å². The molecule has 1 aromatic rings. The SMILES string of the molecule is CO.O=CNc1ccn(CC(=O)O)c(=O)n1. The highest BCUT2D eigenvalue weighted by Gasteiger charge is 2.02. The number of carbonyl (C=O) groups is 2. The van der Waals surface area contributed by atoms with Gasteiger partial charge in [-0.25, -0.2) is 4.79 Å². The molecule has 0 aliphatic heterocycles. The zero-order valence-corrected chi connectivity index (χ0v) is 8.45. The number of amides is 1. The molecule has 0 bridgehead atoms. The fourth-order valence-electron chi connectivity index (χ4n) is 0.836. The number of aliphatic hydroxyl groups excluding tert-OH is 1. The van der Waals surface area contributed by atoms with Crippen LogP contribution in [0.1, 0.15) is 0 Å². The summed E-state index contributed by atoms with van der Waals surface area (Å²) >= 11 is 0. The van der Waals surface area contributed by atoms with E-state index in [0.29, 0.717) is 6.41 Å². The van der Waals surface area contributed by atoms with Crippen molar-refractivity contribution in [2.75, 3.05) is 12.4 Å². The van der Waals surface area contributed by atoms with E-state index in [1.165, 1.54) is 12.3 Å². The number of aliphatic carboxylic acids is 1. The van der Waals surface area contributed by atoms with Gasteiger partial charge in [0.15, 0.2) is 0 Å². The predicted molar refractivity (Wildman–Crippen MR) is 54.0 cm³/mol. The lowest BCUT2D eigenvalue weighted by molar-refractivity contribution is -0.137. The van der Waals surface area contributed by atoms with Gasteiger partial charge >= 0.3 is 11.7 Å². The van der Waals surface area contributed by atoms with E-state index in [1.807, 2.05) is 0 Å². The molecule has 0 aliphatic carbocycles. The van der Waals surface area contributed by atoms with Gasteiger partial charge < -0.3 is 15.5 Å². The summed E-state index contributed by atoms with van der Waals surface area (Å²) in [5.74, 6) is -1.04. The Bertz CT molecular complexity index is 414. The number of rotatable bonds is 4. The van der Waals surface area contributed by atoms with E-state index in [2.05, 4.69) is 10.3 Å². The number of nitrogens with one attached hydrogen (secondary N) is 1. The van der Waals surface area contributed by atoms with Gasteiger partial charge in [0.05, 0.1) is 0 Å². The first-order chi connectivity index (χ1) is 7.63. The van der Waals surface area contributed by atoms with Crippen LogP contribution in [0.3, 0.4) is 0 Å². The highest BCUT2D eigenvalue weighted by Crippen LogP contribution is 1.94. The number of nitrogens with zero attached hydrogens (tertiary/aromatic N) is 2. The van der Waals surface area contributed by atoms with Gasteiger partial charge in [0.2, 0.25) is 6.41 Å². The van der Waals surface area contributed by atoms with Crippen LogP contribution >= 0.6 is 0 Å². The standard InChI is InChI=1S/C7H7N3O4.CH4O/c11-4-8-5-1-2-10(3-6(12)13)7(14)9-5;1-2/h1-2,4H,3H2,(H,12,13)(H,8,9,11,14);2H,1H3. The molecule has 16 heavy (non-hydrogen) atoms. The Morgan fingerprint density at radius 1 is 1.62 bits per heavy atom. The zero-order valence-electron chi connectivity index (χ0n) is 8.45. The molecule has 0 saturated heterocycles. The Kier molecular flexibility index (Phi) is 6.13. The van der Waals surface area contributed by atoms with Crippen LogP contribution in [-0.4, -0.2) is 39.3 Å². The number of hydrogen-bond acceptors (Lipinski definition) is 5. The minimum absolute atomic E-state index is 0.0895. The van der Waals surface area contributed by atoms with Crippen LogP contribution in [0.2, 0.25) is 0 Å². The summed E-state index contributed by atoms with van der Waals surface area (Å²) in [6.07, 6.45) is 1.62. The van der Waals surface area contributed by atoms with Crippen molar-refractivity contribution in [3.8, 4) is 0 Å². The maximum Gasteiger partial charge on any atom is 0.350 e. The summed E-state index contributed by atoms with van der Waals surface area (Å²) in [4.78, 5) is 34.8. The minimum Gasteiger partial charge on any atom is -0.480 e. The van der Waals surface area contributed by atoms with Crippen molar-refractivity contribution in [2.24, 2.45) is 0 Å². The molecule has 0 spiro atoms. The molecule has 3 N–H and O–H groups in total. The number of anilines is 1. The Hall–Kier alpha value is -2.22. The van der Waals surface area contributed by atoms with Gasteiger partial charge in [-0.2, -0.15) is 4.98 Å². The largest absolute Gasteiger partial charge is 0.480 e. The maximum atomic E-state index is 11.1. The molecule has 1 heterocycles. The molecule has 0 saturated carbocycles. The van der Waals surface area contributed by atoms with Gasteiger partial charge in [0.25, 0.3) is 0 Å². The van der Waals surface area contributed by atoms with E-state index >= 15 is 0 Å². The highest BCUT2D eigenvalue weighted by molar-refractivity contribution is 5.68. The third-order valence-electron chi connectivity index (χ3n) is 1.39. The first kappa shape index (κ1) is 13.8. The van der Waals surface area contributed by atoms with E-state index in [0.717, 1.165) is 11.7 Å². The highest BCUT2D eigenvalue weighted by atomic mass is 16.4. The van der Waals surface area contributed by atoms with Crippen LogP contribution in [0.5, 0.6) is 0 Å². The van der Waals surface area contributed by atoms with Crippen molar-refractivity contribution in [2.45, 2.75) is 6.54 Å². The average Bonchev–Trinajstić information content (AvgIpc) is 2.25. The van der Waals surface area contributed by atoms with Gasteiger partial charge in [0.1, 0.15) is 12.4 Å². The van der Waals surface area contributed by atoms with E-state index in [4.69, 9.17) is 10.2 Å². The smallest absolute Gasteiger partial charge is 0.350 e. The van der Waals surface area contributed by atoms with Crippen LogP contribution in [0.4, 0.5) is 5.82 Å². The number of carboxylic acid groups (broad SMARTS) is 1. The monoisotopic (exact) mass is 229 g/mol. The van der Waals surface area contributed by atoms with Crippen LogP contribution in [0.25, 0.3) is 0 Å². The number of aromatic nitrogens is 2. The fourth-order valence-corrected chi connectivity index (χ4v) is 0.836. The number of aliphatic hydroxyl groups is 1. The van der Waals surface area contributed by atoms with Crippen LogP contribution in [-0.2, 0) is 16.1 Å². The molecule has 1 aromatic heterocycles. The quantitative estimate of drug-likeness (QED) is 0.540. The molecule has 0 unspecified atom stereocenters. The lowest BCUT2D eigenvalue weighted by atomic mass is 10.5. The fraction of sp³-hybridized carbons (Fsp3) is 0.250. The third-order valence-corrected chi connectivity index (χ3v) is 1.39. The summed E-state index contributed by atoms with van der Waals surface area (Å²) in [5.41, 5.74) is -0.723. The van der Waals surface area contributed by atoms with Crippen molar-refractivity contribution >= 4 is 18.2 Å². The van der Waals surface area contributed by atoms with Crippen molar-refractivity contribution in [1.82, 2.24) is 9.55 Å². The summed E-state index contributed by atoms with van der Waals surface area (Å²) in [6, 6.07) is 1.33. The van der Waals surface area contributed by atoms with E-state index in [-0.39, 0.29) is 5.82 Å². The molecule has 8 heteroatoms. The Labute approximate surface area is 90.2 Å². The van der Waals surface area contributed by atoms with Crippen LogP contribution in [0.15, 0.2) is 17.1 Å². The maximum absolute atomic E-state index is 11.1. The van der Waals surface area contributed by atoms with Gasteiger partial charge in [-0.15, -0.1) is 0 Å². The topological polar surface area (TPSA) is 122 Å². The molecule has 0 fully saturated rings. The van der Waals surface area contributed by atoms with E-state index in [9.17, 15) is 14.4 Å². The molecular formula is C8H11N3O5. The number of hydrogen-bond donors (Lipinski definition) is 3. The van der Waals surface area contributed by atoms with E-state index < -0.39 is 18.2 Å². The molecule has 0 aliphatic rings. The average molecular weight is 229 g/mol. The Balaban J connectivity index is 0.00000106. The zero-order chi connectivity index (χ0) is 12.6. The van der Waals surface area contributed by atoms with Gasteiger partial charge in [-0.1, -0.05) is 0 Å². The van der Waals surface area contributed by atoms with Crippen molar-refractivity contribution < 1.29 is 19.8 Å². The molecule has 0 radical (unpaired) electrons. The van der Waals surface area contributed by atoms with Gasteiger partial charge in [-0.05, 0) is 6.07 Å². The third kappa shape index (κ3) is 4.33. The minimum atomic E-state index is -1.13. The summed E-state index contributed by atoms with van der Waals surface area (Å²) in [7, 11) is 1.00. The summed E-state index contributed by atoms with van der Waals surface area (Å²) in [5, 5.41) is 17.6. The van der Waals surface area contributed by atoms with Crippen LogP contribution < -0.4 is 11.0 Å². The number of carbonyl (C=O) groups excluding carboxylic acids is 1. The molecule has 8 nitrogen and oxygen atoms in total. The second-order valence-electron chi connectivity index (χ2n) is 2.38. The van der Waals surface area contributed by atoms with Gasteiger partial charge in [0, 0.05) is 13.3 Å². The molecule has 1 rings (SSSR count). The molecular weight excluding hydrogens is 218 g/mol. The Morgan fingerprint density at radius 3 is 2.69 bits per heavy atom. The first-order valence-corrected chi connectivity index (χ1v) is 4.07. The predicted octanol–water partition coefficient (Wildman–Crippen LogP) is -1.50. The first-order valence-electron chi connectivity index (χ1n) is 4.07. The second-order valence-corrected chi connectivity index (χ2v) is 2.38. The normalized spacial score (nSPS) is 8.62. The van der Waals surface area contributed by atoms with Crippen molar-refractivity contribution in [3.05, 3.63) is 22.7 Å².